The number of benzene rings is 2. The number of nitrogens with one attached hydrogen (secondary N) is 1. The van der Waals surface area contributed by atoms with Crippen LogP contribution in [0, 0.1) is 0 Å². The Bertz CT molecular complexity index is 1720. The van der Waals surface area contributed by atoms with E-state index in [9.17, 15) is 0 Å². The van der Waals surface area contributed by atoms with Crippen LogP contribution in [0.2, 0.25) is 0 Å². The van der Waals surface area contributed by atoms with Gasteiger partial charge < -0.3 is 19.5 Å². The second kappa shape index (κ2) is 11.9. The van der Waals surface area contributed by atoms with Gasteiger partial charge in [0.1, 0.15) is 12.3 Å². The van der Waals surface area contributed by atoms with E-state index < -0.39 is 76.5 Å². The SMILES string of the molecule is [2H]C1([2H])/C=C/C([2H])([2H])OC([2H])([2H])c2cc(ccc2OC([2H])([2H])CN2CC([2H])([2H])C([2H])([2H])C2)Nc2nccc(n2)-c2cccc(c2)C([2H])([2H])O1. The average Bonchev–Trinajstić information content (AvgIpc) is 3.15. The molecule has 7 nitrogen and oxygen atoms in total. The van der Waals surface area contributed by atoms with Crippen molar-refractivity contribution in [2.24, 2.45) is 0 Å². The zero-order valence-electron chi connectivity index (χ0n) is 32.5. The Balaban J connectivity index is 1.56. The molecule has 0 saturated carbocycles. The highest BCUT2D eigenvalue weighted by Gasteiger charge is 2.13. The number of rotatable bonds is 4. The highest BCUT2D eigenvalue weighted by molar-refractivity contribution is 5.63. The first-order chi connectivity index (χ1) is 22.4. The lowest BCUT2D eigenvalue weighted by Crippen LogP contribution is -2.25. The fourth-order valence-corrected chi connectivity index (χ4v) is 3.24. The lowest BCUT2D eigenvalue weighted by atomic mass is 10.1. The summed E-state index contributed by atoms with van der Waals surface area (Å²) in [5, 5.41) is 2.91. The molecular weight excluding hydrogens is 440 g/mol. The summed E-state index contributed by atoms with van der Waals surface area (Å²) in [4.78, 5) is 9.83. The van der Waals surface area contributed by atoms with Crippen LogP contribution in [0.5, 0.6) is 5.75 Å². The van der Waals surface area contributed by atoms with Crippen LogP contribution in [0.25, 0.3) is 11.3 Å². The topological polar surface area (TPSA) is 68.7 Å². The van der Waals surface area contributed by atoms with Crippen LogP contribution < -0.4 is 10.1 Å². The summed E-state index contributed by atoms with van der Waals surface area (Å²) in [6.45, 7) is -15.8. The first-order valence-electron chi connectivity index (χ1n) is 17.8. The van der Waals surface area contributed by atoms with Gasteiger partial charge in [-0.15, -0.1) is 0 Å². The van der Waals surface area contributed by atoms with Gasteiger partial charge in [0.2, 0.25) is 5.95 Å². The normalized spacial score (nSPS) is 32.7. The lowest BCUT2D eigenvalue weighted by molar-refractivity contribution is 0.138. The molecule has 0 unspecified atom stereocenters. The number of aromatic nitrogens is 2. The Kier molecular flexibility index (Phi) is 4.13. The Morgan fingerprint density at radius 1 is 1.03 bits per heavy atom. The molecular formula is C28H32N4O3. The van der Waals surface area contributed by atoms with E-state index in [0.29, 0.717) is 23.4 Å². The molecule has 35 heavy (non-hydrogen) atoms. The molecule has 182 valence electrons. The summed E-state index contributed by atoms with van der Waals surface area (Å²) >= 11 is 0. The van der Waals surface area contributed by atoms with Crippen molar-refractivity contribution in [2.75, 3.05) is 44.6 Å². The maximum Gasteiger partial charge on any atom is 0.227 e. The molecule has 3 aromatic rings. The molecule has 0 aliphatic carbocycles. The Morgan fingerprint density at radius 3 is 2.77 bits per heavy atom. The minimum atomic E-state index is -3.09. The summed E-state index contributed by atoms with van der Waals surface area (Å²) in [7, 11) is 0. The highest BCUT2D eigenvalue weighted by atomic mass is 16.5. The van der Waals surface area contributed by atoms with E-state index in [1.54, 1.807) is 12.1 Å². The van der Waals surface area contributed by atoms with Gasteiger partial charge in [-0.1, -0.05) is 30.4 Å². The van der Waals surface area contributed by atoms with E-state index in [2.05, 4.69) is 15.3 Å². The predicted octanol–water partition coefficient (Wildman–Crippen LogP) is 4.96. The van der Waals surface area contributed by atoms with Gasteiger partial charge >= 0.3 is 0 Å². The first-order valence-corrected chi connectivity index (χ1v) is 10.8. The molecule has 5 rings (SSSR count). The minimum Gasteiger partial charge on any atom is -0.492 e. The molecule has 1 fully saturated rings. The third-order valence-electron chi connectivity index (χ3n) is 4.92. The second-order valence-electron chi connectivity index (χ2n) is 7.40. The van der Waals surface area contributed by atoms with Crippen molar-refractivity contribution < 1.29 is 33.4 Å². The van der Waals surface area contributed by atoms with Crippen LogP contribution in [0.3, 0.4) is 0 Å². The molecule has 1 N–H and O–H groups in total. The number of hydrogen-bond donors (Lipinski definition) is 1. The van der Waals surface area contributed by atoms with Crippen molar-refractivity contribution in [3.05, 3.63) is 78.0 Å². The van der Waals surface area contributed by atoms with E-state index in [1.165, 1.54) is 41.4 Å². The molecule has 0 spiro atoms. The lowest BCUT2D eigenvalue weighted by Gasteiger charge is -2.17. The number of ether oxygens (including phenoxy) is 3. The largest absolute Gasteiger partial charge is 0.492 e. The number of anilines is 2. The molecule has 2 aliphatic heterocycles. The van der Waals surface area contributed by atoms with Crippen molar-refractivity contribution >= 4 is 11.6 Å². The average molecular weight is 487 g/mol. The highest BCUT2D eigenvalue weighted by Crippen LogP contribution is 2.26. The van der Waals surface area contributed by atoms with Crippen molar-refractivity contribution in [1.29, 1.82) is 0 Å². The van der Waals surface area contributed by atoms with Gasteiger partial charge in [-0.3, -0.25) is 4.90 Å². The summed E-state index contributed by atoms with van der Waals surface area (Å²) < 4.78 is 132. The fourth-order valence-electron chi connectivity index (χ4n) is 3.24. The third kappa shape index (κ3) is 6.66. The molecule has 1 saturated heterocycles. The van der Waals surface area contributed by atoms with Crippen LogP contribution in [0.15, 0.2) is 66.9 Å². The second-order valence-corrected chi connectivity index (χ2v) is 7.40. The third-order valence-corrected chi connectivity index (χ3v) is 4.92. The fraction of sp³-hybridized carbons (Fsp3) is 0.357. The quantitative estimate of drug-likeness (QED) is 0.523. The van der Waals surface area contributed by atoms with E-state index in [-0.39, 0.29) is 17.2 Å². The van der Waals surface area contributed by atoms with Gasteiger partial charge in [-0.2, -0.15) is 0 Å². The maximum absolute atomic E-state index is 8.70. The van der Waals surface area contributed by atoms with Gasteiger partial charge in [0.05, 0.1) is 45.6 Å². The predicted molar refractivity (Wildman–Crippen MR) is 137 cm³/mol. The minimum absolute atomic E-state index is 0.0203. The van der Waals surface area contributed by atoms with Crippen molar-refractivity contribution in [3.63, 3.8) is 0 Å². The number of likely N-dealkylation sites (tertiary alicyclic amines) is 1. The molecule has 1 aromatic heterocycles. The number of nitrogens with zero attached hydrogens (tertiary/aromatic N) is 3. The van der Waals surface area contributed by atoms with Crippen LogP contribution in [-0.2, 0) is 22.6 Å². The molecule has 7 heteroatoms. The molecule has 0 radical (unpaired) electrons. The van der Waals surface area contributed by atoms with Gasteiger partial charge in [0, 0.05) is 35.0 Å². The smallest absolute Gasteiger partial charge is 0.227 e. The summed E-state index contributed by atoms with van der Waals surface area (Å²) in [5.74, 6) is -0.412. The Hall–Kier alpha value is -3.26. The molecule has 2 aromatic carbocycles. The van der Waals surface area contributed by atoms with E-state index in [0.717, 1.165) is 6.07 Å². The monoisotopic (exact) mass is 486 g/mol. The van der Waals surface area contributed by atoms with Crippen LogP contribution in [0.4, 0.5) is 11.6 Å². The van der Waals surface area contributed by atoms with Crippen LogP contribution in [-0.4, -0.2) is 54.2 Å². The van der Waals surface area contributed by atoms with Crippen molar-refractivity contribution in [1.82, 2.24) is 14.9 Å². The maximum atomic E-state index is 8.70. The standard InChI is InChI=1S/C28H32N4O3/c1-2-13-32(12-1)14-17-35-27-9-8-25-19-24(27)21-34-16-4-3-15-33-20-22-6-5-7-23(18-22)26-10-11-29-28(30-25)31-26/h3-11,18-19H,1-2,12-17,20-21H2,(H,29,30,31)/b4-3+/i1D2,2D2,15D2,16D2,17D2,20D2,21D2. The van der Waals surface area contributed by atoms with Crippen molar-refractivity contribution in [2.45, 2.75) is 25.9 Å². The molecule has 0 atom stereocenters. The van der Waals surface area contributed by atoms with Gasteiger partial charge in [-0.05, 0) is 61.7 Å². The van der Waals surface area contributed by atoms with Gasteiger partial charge in [0.15, 0.2) is 0 Å². The summed E-state index contributed by atoms with van der Waals surface area (Å²) in [6, 6.07) is 11.3. The number of hydrogen-bond acceptors (Lipinski definition) is 7. The van der Waals surface area contributed by atoms with Gasteiger partial charge in [0.25, 0.3) is 0 Å². The summed E-state index contributed by atoms with van der Waals surface area (Å²) in [5.41, 5.74) is 0.357. The van der Waals surface area contributed by atoms with E-state index in [4.69, 9.17) is 33.4 Å². The first kappa shape index (κ1) is 12.1. The van der Waals surface area contributed by atoms with E-state index >= 15 is 0 Å². The molecule has 6 bridgehead atoms. The number of fused-ring (bicyclic) bond motifs is 7. The molecule has 2 aliphatic rings. The van der Waals surface area contributed by atoms with Gasteiger partial charge in [-0.25, -0.2) is 9.97 Å². The summed E-state index contributed by atoms with van der Waals surface area (Å²) in [6.07, 6.45) is -2.02. The van der Waals surface area contributed by atoms with E-state index in [1.807, 2.05) is 0 Å². The zero-order valence-corrected chi connectivity index (χ0v) is 18.5. The molecule has 0 amide bonds. The Labute approximate surface area is 226 Å². The van der Waals surface area contributed by atoms with Crippen LogP contribution >= 0.6 is 0 Å². The Morgan fingerprint density at radius 2 is 1.89 bits per heavy atom. The molecule has 3 heterocycles. The van der Waals surface area contributed by atoms with Crippen molar-refractivity contribution in [3.8, 4) is 17.0 Å². The zero-order chi connectivity index (χ0) is 36.3. The van der Waals surface area contributed by atoms with Crippen LogP contribution in [0.1, 0.15) is 43.1 Å².